The Balaban J connectivity index is 2.23. The van der Waals surface area contributed by atoms with Gasteiger partial charge in [-0.1, -0.05) is 0 Å². The molecule has 0 saturated carbocycles. The molecule has 0 spiro atoms. The van der Waals surface area contributed by atoms with Crippen molar-refractivity contribution in [2.45, 2.75) is 6.61 Å². The molecular weight excluding hydrogens is 280 g/mol. The Morgan fingerprint density at radius 2 is 1.86 bits per heavy atom. The summed E-state index contributed by atoms with van der Waals surface area (Å²) in [5.74, 6) is -1.83. The molecular formula is C15H13F2NO3. The lowest BCUT2D eigenvalue weighted by Gasteiger charge is -2.10. The van der Waals surface area contributed by atoms with Crippen LogP contribution in [-0.2, 0) is 6.61 Å². The highest BCUT2D eigenvalue weighted by molar-refractivity contribution is 6.04. The van der Waals surface area contributed by atoms with Crippen LogP contribution in [0.15, 0.2) is 36.4 Å². The van der Waals surface area contributed by atoms with E-state index in [0.29, 0.717) is 23.1 Å². The lowest BCUT2D eigenvalue weighted by Crippen LogP contribution is -2.13. The Bertz CT molecular complexity index is 654. The zero-order chi connectivity index (χ0) is 15.4. The molecule has 0 heterocycles. The van der Waals surface area contributed by atoms with E-state index in [4.69, 9.17) is 4.74 Å². The number of ether oxygens (including phenoxy) is 1. The van der Waals surface area contributed by atoms with Crippen molar-refractivity contribution in [2.24, 2.45) is 0 Å². The molecule has 2 N–H and O–H groups in total. The molecule has 0 aliphatic heterocycles. The summed E-state index contributed by atoms with van der Waals surface area (Å²) in [6, 6.07) is 7.23. The van der Waals surface area contributed by atoms with Gasteiger partial charge in [-0.05, 0) is 30.3 Å². The number of benzene rings is 2. The van der Waals surface area contributed by atoms with Gasteiger partial charge in [0.2, 0.25) is 0 Å². The number of methoxy groups -OCH3 is 1. The Morgan fingerprint density at radius 1 is 1.19 bits per heavy atom. The van der Waals surface area contributed by atoms with Crippen molar-refractivity contribution in [3.05, 3.63) is 59.2 Å². The van der Waals surface area contributed by atoms with Crippen LogP contribution in [0.25, 0.3) is 0 Å². The second-order valence-corrected chi connectivity index (χ2v) is 4.30. The number of hydrogen-bond acceptors (Lipinski definition) is 3. The first-order valence-corrected chi connectivity index (χ1v) is 6.08. The largest absolute Gasteiger partial charge is 0.496 e. The highest BCUT2D eigenvalue weighted by Gasteiger charge is 2.11. The fourth-order valence-electron chi connectivity index (χ4n) is 1.87. The minimum atomic E-state index is -0.828. The summed E-state index contributed by atoms with van der Waals surface area (Å²) < 4.78 is 31.2. The molecule has 2 rings (SSSR count). The number of nitrogens with one attached hydrogen (secondary N) is 1. The fraction of sp³-hybridized carbons (Fsp3) is 0.133. The molecule has 110 valence electrons. The van der Waals surface area contributed by atoms with E-state index >= 15 is 0 Å². The van der Waals surface area contributed by atoms with Crippen molar-refractivity contribution in [1.82, 2.24) is 0 Å². The molecule has 0 bridgehead atoms. The minimum absolute atomic E-state index is 0.131. The molecule has 1 amide bonds. The number of aliphatic hydroxyl groups excluding tert-OH is 1. The Morgan fingerprint density at radius 3 is 2.43 bits per heavy atom. The number of rotatable bonds is 4. The summed E-state index contributed by atoms with van der Waals surface area (Å²) in [4.78, 5) is 11.9. The number of anilines is 1. The van der Waals surface area contributed by atoms with Gasteiger partial charge in [-0.2, -0.15) is 0 Å². The molecule has 2 aromatic rings. The third-order valence-corrected chi connectivity index (χ3v) is 2.83. The predicted molar refractivity (Wildman–Crippen MR) is 73.2 cm³/mol. The highest BCUT2D eigenvalue weighted by atomic mass is 19.1. The lowest BCUT2D eigenvalue weighted by atomic mass is 10.1. The first-order chi connectivity index (χ1) is 10.0. The summed E-state index contributed by atoms with van der Waals surface area (Å²) in [6.07, 6.45) is 0. The Hall–Kier alpha value is -2.47. The first-order valence-electron chi connectivity index (χ1n) is 6.08. The second-order valence-electron chi connectivity index (χ2n) is 4.30. The molecule has 0 aliphatic rings. The molecule has 0 aliphatic carbocycles. The Kier molecular flexibility index (Phi) is 4.49. The second kappa shape index (κ2) is 6.32. The monoisotopic (exact) mass is 293 g/mol. The number of hydrogen-bond donors (Lipinski definition) is 2. The van der Waals surface area contributed by atoms with Gasteiger partial charge >= 0.3 is 0 Å². The van der Waals surface area contributed by atoms with Gasteiger partial charge in [0, 0.05) is 22.9 Å². The average Bonchev–Trinajstić information content (AvgIpc) is 2.46. The van der Waals surface area contributed by atoms with Crippen LogP contribution < -0.4 is 10.1 Å². The third kappa shape index (κ3) is 3.55. The number of halogens is 2. The third-order valence-electron chi connectivity index (χ3n) is 2.83. The van der Waals surface area contributed by atoms with Crippen LogP contribution in [0.2, 0.25) is 0 Å². The van der Waals surface area contributed by atoms with E-state index in [0.717, 1.165) is 12.1 Å². The van der Waals surface area contributed by atoms with E-state index in [1.54, 1.807) is 12.1 Å². The molecule has 0 aromatic heterocycles. The van der Waals surface area contributed by atoms with Crippen molar-refractivity contribution in [2.75, 3.05) is 12.4 Å². The van der Waals surface area contributed by atoms with E-state index in [2.05, 4.69) is 5.32 Å². The Labute approximate surface area is 120 Å². The van der Waals surface area contributed by atoms with Crippen LogP contribution in [0.1, 0.15) is 15.9 Å². The smallest absolute Gasteiger partial charge is 0.255 e. The number of amides is 1. The first kappa shape index (κ1) is 14.9. The van der Waals surface area contributed by atoms with Crippen molar-refractivity contribution in [1.29, 1.82) is 0 Å². The molecule has 4 nitrogen and oxygen atoms in total. The van der Waals surface area contributed by atoms with Crippen LogP contribution in [0.4, 0.5) is 14.5 Å². The molecule has 0 atom stereocenters. The molecule has 6 heteroatoms. The standard InChI is InChI=1S/C15H13F2NO3/c1-21-14-3-2-13(6-10(14)8-19)18-15(20)9-4-11(16)7-12(17)5-9/h2-7,19H,8H2,1H3,(H,18,20). The maximum absolute atomic E-state index is 13.1. The van der Waals surface area contributed by atoms with Gasteiger partial charge in [-0.25, -0.2) is 8.78 Å². The normalized spacial score (nSPS) is 10.3. The van der Waals surface area contributed by atoms with Crippen molar-refractivity contribution < 1.29 is 23.4 Å². The van der Waals surface area contributed by atoms with E-state index in [-0.39, 0.29) is 12.2 Å². The van der Waals surface area contributed by atoms with Crippen LogP contribution in [-0.4, -0.2) is 18.1 Å². The van der Waals surface area contributed by atoms with Crippen LogP contribution in [0.3, 0.4) is 0 Å². The van der Waals surface area contributed by atoms with Crippen molar-refractivity contribution in [3.8, 4) is 5.75 Å². The lowest BCUT2D eigenvalue weighted by molar-refractivity contribution is 0.102. The van der Waals surface area contributed by atoms with Crippen molar-refractivity contribution in [3.63, 3.8) is 0 Å². The van der Waals surface area contributed by atoms with Gasteiger partial charge in [0.15, 0.2) is 0 Å². The zero-order valence-corrected chi connectivity index (χ0v) is 11.2. The van der Waals surface area contributed by atoms with Gasteiger partial charge in [0.25, 0.3) is 5.91 Å². The van der Waals surface area contributed by atoms with Crippen LogP contribution in [0.5, 0.6) is 5.75 Å². The number of aliphatic hydroxyl groups is 1. The maximum atomic E-state index is 13.1. The van der Waals surface area contributed by atoms with Crippen LogP contribution >= 0.6 is 0 Å². The van der Waals surface area contributed by atoms with Crippen LogP contribution in [0, 0.1) is 11.6 Å². The van der Waals surface area contributed by atoms with Gasteiger partial charge < -0.3 is 15.2 Å². The van der Waals surface area contributed by atoms with E-state index < -0.39 is 17.5 Å². The number of carbonyl (C=O) groups is 1. The minimum Gasteiger partial charge on any atom is -0.496 e. The molecule has 0 radical (unpaired) electrons. The van der Waals surface area contributed by atoms with Gasteiger partial charge in [-0.15, -0.1) is 0 Å². The molecule has 0 fully saturated rings. The van der Waals surface area contributed by atoms with Gasteiger partial charge in [0.1, 0.15) is 17.4 Å². The molecule has 2 aromatic carbocycles. The topological polar surface area (TPSA) is 58.6 Å². The van der Waals surface area contributed by atoms with E-state index in [1.807, 2.05) is 0 Å². The van der Waals surface area contributed by atoms with Gasteiger partial charge in [0.05, 0.1) is 13.7 Å². The maximum Gasteiger partial charge on any atom is 0.255 e. The fourth-order valence-corrected chi connectivity index (χ4v) is 1.87. The zero-order valence-electron chi connectivity index (χ0n) is 11.2. The average molecular weight is 293 g/mol. The molecule has 0 unspecified atom stereocenters. The summed E-state index contributed by atoms with van der Waals surface area (Å²) >= 11 is 0. The van der Waals surface area contributed by atoms with Crippen molar-refractivity contribution >= 4 is 11.6 Å². The molecule has 0 saturated heterocycles. The SMILES string of the molecule is COc1ccc(NC(=O)c2cc(F)cc(F)c2)cc1CO. The quantitative estimate of drug-likeness (QED) is 0.911. The van der Waals surface area contributed by atoms with Gasteiger partial charge in [-0.3, -0.25) is 4.79 Å². The summed E-state index contributed by atoms with van der Waals surface area (Å²) in [6.45, 7) is -0.262. The summed E-state index contributed by atoms with van der Waals surface area (Å²) in [5.41, 5.74) is 0.740. The summed E-state index contributed by atoms with van der Waals surface area (Å²) in [7, 11) is 1.46. The number of carbonyl (C=O) groups excluding carboxylic acids is 1. The van der Waals surface area contributed by atoms with E-state index in [1.165, 1.54) is 13.2 Å². The summed E-state index contributed by atoms with van der Waals surface area (Å²) in [5, 5.41) is 11.7. The highest BCUT2D eigenvalue weighted by Crippen LogP contribution is 2.23. The van der Waals surface area contributed by atoms with E-state index in [9.17, 15) is 18.7 Å². The predicted octanol–water partition coefficient (Wildman–Crippen LogP) is 2.72. The molecule has 21 heavy (non-hydrogen) atoms.